The maximum absolute atomic E-state index is 12.4. The highest BCUT2D eigenvalue weighted by molar-refractivity contribution is 6.30. The molecule has 1 atom stereocenters. The summed E-state index contributed by atoms with van der Waals surface area (Å²) in [6.07, 6.45) is 0.984. The van der Waals surface area contributed by atoms with Gasteiger partial charge >= 0.3 is 0 Å². The van der Waals surface area contributed by atoms with Crippen molar-refractivity contribution in [3.63, 3.8) is 0 Å². The fraction of sp³-hybridized carbons (Fsp3) is 0.278. The number of benzene rings is 2. The van der Waals surface area contributed by atoms with Gasteiger partial charge in [0.2, 0.25) is 0 Å². The summed E-state index contributed by atoms with van der Waals surface area (Å²) >= 11 is 5.94. The fourth-order valence-electron chi connectivity index (χ4n) is 2.72. The first-order valence-corrected chi connectivity index (χ1v) is 8.06. The molecule has 1 amide bonds. The molecule has 0 spiro atoms. The van der Waals surface area contributed by atoms with E-state index < -0.39 is 0 Å². The van der Waals surface area contributed by atoms with Gasteiger partial charge in [-0.15, -0.1) is 0 Å². The molecule has 0 aromatic heterocycles. The van der Waals surface area contributed by atoms with Gasteiger partial charge in [-0.2, -0.15) is 0 Å². The zero-order valence-electron chi connectivity index (χ0n) is 12.7. The third kappa shape index (κ3) is 3.84. The first kappa shape index (κ1) is 15.8. The van der Waals surface area contributed by atoms with Crippen LogP contribution in [0, 0.1) is 5.92 Å². The smallest absolute Gasteiger partial charge is 0.253 e. The zero-order chi connectivity index (χ0) is 16.2. The zero-order valence-corrected chi connectivity index (χ0v) is 13.5. The van der Waals surface area contributed by atoms with Gasteiger partial charge in [-0.25, -0.2) is 0 Å². The lowest BCUT2D eigenvalue weighted by Crippen LogP contribution is -2.29. The third-order valence-electron chi connectivity index (χ3n) is 4.04. The Morgan fingerprint density at radius 3 is 2.65 bits per heavy atom. The number of rotatable bonds is 4. The average molecular weight is 331 g/mol. The highest BCUT2D eigenvalue weighted by Crippen LogP contribution is 2.25. The second-order valence-electron chi connectivity index (χ2n) is 5.73. The molecule has 2 N–H and O–H groups in total. The van der Waals surface area contributed by atoms with Gasteiger partial charge in [-0.1, -0.05) is 17.7 Å². The normalized spacial score (nSPS) is 17.3. The molecule has 0 bridgehead atoms. The van der Waals surface area contributed by atoms with Gasteiger partial charge in [0.1, 0.15) is 11.5 Å². The number of ether oxygens (including phenoxy) is 1. The van der Waals surface area contributed by atoms with Crippen molar-refractivity contribution >= 4 is 17.5 Å². The molecule has 0 aliphatic carbocycles. The van der Waals surface area contributed by atoms with E-state index in [1.165, 1.54) is 0 Å². The minimum atomic E-state index is 0.0512. The van der Waals surface area contributed by atoms with Crippen LogP contribution in [0.15, 0.2) is 48.5 Å². The van der Waals surface area contributed by atoms with Crippen molar-refractivity contribution < 1.29 is 9.53 Å². The Hall–Kier alpha value is -2.04. The van der Waals surface area contributed by atoms with Crippen LogP contribution in [0.5, 0.6) is 11.5 Å². The van der Waals surface area contributed by atoms with Crippen LogP contribution in [0.4, 0.5) is 0 Å². The van der Waals surface area contributed by atoms with Gasteiger partial charge in [-0.05, 0) is 61.3 Å². The lowest BCUT2D eigenvalue weighted by molar-refractivity contribution is 0.0787. The Labute approximate surface area is 140 Å². The van der Waals surface area contributed by atoms with E-state index in [0.717, 1.165) is 19.5 Å². The molecule has 0 saturated carbocycles. The average Bonchev–Trinajstić information content (AvgIpc) is 3.04. The molecular weight excluding hydrogens is 312 g/mol. The summed E-state index contributed by atoms with van der Waals surface area (Å²) < 4.78 is 5.73. The molecule has 1 aliphatic rings. The van der Waals surface area contributed by atoms with Crippen LogP contribution in [0.25, 0.3) is 0 Å². The molecule has 1 saturated heterocycles. The van der Waals surface area contributed by atoms with Gasteiger partial charge in [-0.3, -0.25) is 4.79 Å². The molecule has 2 aromatic carbocycles. The Kier molecular flexibility index (Phi) is 4.84. The summed E-state index contributed by atoms with van der Waals surface area (Å²) in [5, 5.41) is 0.623. The van der Waals surface area contributed by atoms with E-state index >= 15 is 0 Å². The fourth-order valence-corrected chi connectivity index (χ4v) is 2.90. The monoisotopic (exact) mass is 330 g/mol. The van der Waals surface area contributed by atoms with Crippen LogP contribution < -0.4 is 10.5 Å². The largest absolute Gasteiger partial charge is 0.457 e. The van der Waals surface area contributed by atoms with Crippen LogP contribution in [0.1, 0.15) is 16.8 Å². The van der Waals surface area contributed by atoms with E-state index in [4.69, 9.17) is 22.1 Å². The Morgan fingerprint density at radius 1 is 1.22 bits per heavy atom. The van der Waals surface area contributed by atoms with E-state index in [1.807, 2.05) is 17.0 Å². The number of carbonyl (C=O) groups is 1. The van der Waals surface area contributed by atoms with E-state index in [1.54, 1.807) is 36.4 Å². The minimum absolute atomic E-state index is 0.0512. The summed E-state index contributed by atoms with van der Waals surface area (Å²) in [6.45, 7) is 2.16. The van der Waals surface area contributed by atoms with E-state index in [2.05, 4.69) is 0 Å². The van der Waals surface area contributed by atoms with Crippen molar-refractivity contribution in [3.05, 3.63) is 59.1 Å². The molecule has 23 heavy (non-hydrogen) atoms. The lowest BCUT2D eigenvalue weighted by atomic mass is 10.1. The van der Waals surface area contributed by atoms with E-state index in [0.29, 0.717) is 34.5 Å². The minimum Gasteiger partial charge on any atom is -0.457 e. The van der Waals surface area contributed by atoms with Crippen molar-refractivity contribution in [3.8, 4) is 11.5 Å². The Balaban J connectivity index is 1.66. The maximum atomic E-state index is 12.4. The second-order valence-corrected chi connectivity index (χ2v) is 6.16. The van der Waals surface area contributed by atoms with Crippen LogP contribution in [-0.4, -0.2) is 30.4 Å². The van der Waals surface area contributed by atoms with E-state index in [-0.39, 0.29) is 5.91 Å². The molecule has 0 unspecified atom stereocenters. The summed E-state index contributed by atoms with van der Waals surface area (Å²) in [6, 6.07) is 14.4. The van der Waals surface area contributed by atoms with Crippen LogP contribution >= 0.6 is 11.6 Å². The topological polar surface area (TPSA) is 55.6 Å². The SMILES string of the molecule is NC[C@@H]1CCN(C(=O)c2ccc(Oc3cccc(Cl)c3)cc2)C1. The number of likely N-dealkylation sites (tertiary alicyclic amines) is 1. The molecule has 4 nitrogen and oxygen atoms in total. The summed E-state index contributed by atoms with van der Waals surface area (Å²) in [7, 11) is 0. The second kappa shape index (κ2) is 7.02. The molecule has 1 heterocycles. The molecule has 5 heteroatoms. The van der Waals surface area contributed by atoms with Crippen molar-refractivity contribution in [2.75, 3.05) is 19.6 Å². The molecule has 3 rings (SSSR count). The third-order valence-corrected chi connectivity index (χ3v) is 4.27. The van der Waals surface area contributed by atoms with Crippen LogP contribution in [0.2, 0.25) is 5.02 Å². The molecule has 2 aromatic rings. The number of carbonyl (C=O) groups excluding carboxylic acids is 1. The Morgan fingerprint density at radius 2 is 2.00 bits per heavy atom. The predicted molar refractivity (Wildman–Crippen MR) is 91.0 cm³/mol. The maximum Gasteiger partial charge on any atom is 0.253 e. The van der Waals surface area contributed by atoms with Gasteiger partial charge in [0, 0.05) is 23.7 Å². The van der Waals surface area contributed by atoms with Gasteiger partial charge in [0.15, 0.2) is 0 Å². The molecule has 120 valence electrons. The molecular formula is C18H19ClN2O2. The van der Waals surface area contributed by atoms with Gasteiger partial charge in [0.05, 0.1) is 0 Å². The standard InChI is InChI=1S/C18H19ClN2O2/c19-15-2-1-3-17(10-15)23-16-6-4-14(5-7-16)18(22)21-9-8-13(11-20)12-21/h1-7,10,13H,8-9,11-12,20H2/t13-/m0/s1. The van der Waals surface area contributed by atoms with Gasteiger partial charge in [0.25, 0.3) is 5.91 Å². The summed E-state index contributed by atoms with van der Waals surface area (Å²) in [4.78, 5) is 14.3. The number of hydrogen-bond acceptors (Lipinski definition) is 3. The predicted octanol–water partition coefficient (Wildman–Crippen LogP) is 3.55. The van der Waals surface area contributed by atoms with Crippen LogP contribution in [-0.2, 0) is 0 Å². The number of nitrogens with zero attached hydrogens (tertiary/aromatic N) is 1. The highest BCUT2D eigenvalue weighted by atomic mass is 35.5. The lowest BCUT2D eigenvalue weighted by Gasteiger charge is -2.16. The van der Waals surface area contributed by atoms with E-state index in [9.17, 15) is 4.79 Å². The number of halogens is 1. The number of hydrogen-bond donors (Lipinski definition) is 1. The first-order chi connectivity index (χ1) is 11.2. The van der Waals surface area contributed by atoms with Crippen molar-refractivity contribution in [2.24, 2.45) is 11.7 Å². The molecule has 0 radical (unpaired) electrons. The highest BCUT2D eigenvalue weighted by Gasteiger charge is 2.25. The van der Waals surface area contributed by atoms with Crippen molar-refractivity contribution in [2.45, 2.75) is 6.42 Å². The molecule has 1 fully saturated rings. The van der Waals surface area contributed by atoms with Crippen molar-refractivity contribution in [1.29, 1.82) is 0 Å². The summed E-state index contributed by atoms with van der Waals surface area (Å²) in [5.41, 5.74) is 6.34. The summed E-state index contributed by atoms with van der Waals surface area (Å²) in [5.74, 6) is 1.81. The molecule has 1 aliphatic heterocycles. The first-order valence-electron chi connectivity index (χ1n) is 7.68. The number of nitrogens with two attached hydrogens (primary N) is 1. The Bertz CT molecular complexity index is 688. The van der Waals surface area contributed by atoms with Gasteiger partial charge < -0.3 is 15.4 Å². The van der Waals surface area contributed by atoms with Crippen LogP contribution in [0.3, 0.4) is 0 Å². The quantitative estimate of drug-likeness (QED) is 0.932. The number of amides is 1. The van der Waals surface area contributed by atoms with Crippen molar-refractivity contribution in [1.82, 2.24) is 4.90 Å².